The van der Waals surface area contributed by atoms with Gasteiger partial charge in [-0.3, -0.25) is 10.1 Å². The second-order valence-electron chi connectivity index (χ2n) is 11.0. The van der Waals surface area contributed by atoms with Gasteiger partial charge in [0, 0.05) is 29.0 Å². The van der Waals surface area contributed by atoms with Gasteiger partial charge in [0.1, 0.15) is 6.29 Å². The molecule has 38 heavy (non-hydrogen) atoms. The quantitative estimate of drug-likeness (QED) is 0.176. The number of aryl methyl sites for hydroxylation is 2. The fraction of sp³-hybridized carbons (Fsp3) is 0.545. The van der Waals surface area contributed by atoms with E-state index in [0.717, 1.165) is 40.8 Å². The van der Waals surface area contributed by atoms with Crippen LogP contribution in [0.3, 0.4) is 0 Å². The van der Waals surface area contributed by atoms with Crippen LogP contribution < -0.4 is 16.0 Å². The Morgan fingerprint density at radius 1 is 0.921 bits per heavy atom. The van der Waals surface area contributed by atoms with Crippen LogP contribution in [0.5, 0.6) is 0 Å². The van der Waals surface area contributed by atoms with Gasteiger partial charge in [-0.2, -0.15) is 0 Å². The van der Waals surface area contributed by atoms with E-state index in [2.05, 4.69) is 55.6 Å². The molecular formula is C33H51N3O2. The Hall–Kier alpha value is -2.47. The highest BCUT2D eigenvalue weighted by Gasteiger charge is 2.15. The molecule has 5 heteroatoms. The van der Waals surface area contributed by atoms with Crippen molar-refractivity contribution in [2.75, 3.05) is 19.1 Å². The number of carbonyl (C=O) groups is 1. The van der Waals surface area contributed by atoms with E-state index in [1.165, 1.54) is 69.8 Å². The van der Waals surface area contributed by atoms with Gasteiger partial charge >= 0.3 is 0 Å². The van der Waals surface area contributed by atoms with Gasteiger partial charge in [0.05, 0.1) is 6.73 Å². The fourth-order valence-corrected chi connectivity index (χ4v) is 5.05. The predicted octanol–water partition coefficient (Wildman–Crippen LogP) is 7.23. The smallest absolute Gasteiger partial charge is 0.150 e. The van der Waals surface area contributed by atoms with Gasteiger partial charge in [0.15, 0.2) is 0 Å². The van der Waals surface area contributed by atoms with Crippen molar-refractivity contribution >= 4 is 17.7 Å². The lowest BCUT2D eigenvalue weighted by molar-refractivity contribution is 0.112. The Morgan fingerprint density at radius 2 is 1.55 bits per heavy atom. The second-order valence-corrected chi connectivity index (χ2v) is 11.0. The first-order chi connectivity index (χ1) is 18.4. The van der Waals surface area contributed by atoms with Gasteiger partial charge in [0.25, 0.3) is 0 Å². The molecule has 0 amide bonds. The number of benzene rings is 2. The molecule has 2 aromatic carbocycles. The highest BCUT2D eigenvalue weighted by Crippen LogP contribution is 2.23. The van der Waals surface area contributed by atoms with Crippen LogP contribution in [0.15, 0.2) is 49.0 Å². The average molecular weight is 522 g/mol. The van der Waals surface area contributed by atoms with Gasteiger partial charge in [-0.1, -0.05) is 69.0 Å². The van der Waals surface area contributed by atoms with Crippen LogP contribution in [-0.2, 0) is 0 Å². The molecule has 0 bridgehead atoms. The summed E-state index contributed by atoms with van der Waals surface area (Å²) in [6.45, 7) is 10.6. The van der Waals surface area contributed by atoms with E-state index in [1.807, 2.05) is 31.2 Å². The normalized spacial score (nSPS) is 19.6. The number of anilines is 1. The van der Waals surface area contributed by atoms with Gasteiger partial charge < -0.3 is 15.7 Å². The van der Waals surface area contributed by atoms with Crippen molar-refractivity contribution < 1.29 is 9.90 Å². The Labute approximate surface area is 231 Å². The highest BCUT2D eigenvalue weighted by molar-refractivity contribution is 5.80. The van der Waals surface area contributed by atoms with Crippen LogP contribution in [0.4, 0.5) is 5.69 Å². The van der Waals surface area contributed by atoms with E-state index in [9.17, 15) is 4.79 Å². The molecule has 0 heterocycles. The van der Waals surface area contributed by atoms with Crippen LogP contribution in [0.25, 0.3) is 5.70 Å². The molecule has 210 valence electrons. The van der Waals surface area contributed by atoms with E-state index >= 15 is 0 Å². The van der Waals surface area contributed by atoms with Crippen LogP contribution in [-0.4, -0.2) is 37.3 Å². The molecule has 5 nitrogen and oxygen atoms in total. The Balaban J connectivity index is 0.000000224. The Bertz CT molecular complexity index is 941. The molecule has 0 radical (unpaired) electrons. The molecule has 2 aliphatic carbocycles. The summed E-state index contributed by atoms with van der Waals surface area (Å²) in [5, 5.41) is 18.3. The highest BCUT2D eigenvalue weighted by atomic mass is 16.3. The van der Waals surface area contributed by atoms with Gasteiger partial charge in [-0.15, -0.1) is 0 Å². The molecule has 0 unspecified atom stereocenters. The number of aldehydes is 1. The Morgan fingerprint density at radius 3 is 2.08 bits per heavy atom. The molecule has 2 fully saturated rings. The molecular weight excluding hydrogens is 470 g/mol. The predicted molar refractivity (Wildman–Crippen MR) is 163 cm³/mol. The van der Waals surface area contributed by atoms with Crippen molar-refractivity contribution in [3.8, 4) is 0 Å². The maximum atomic E-state index is 10.7. The van der Waals surface area contributed by atoms with Crippen LogP contribution in [0.1, 0.15) is 98.2 Å². The first-order valence-corrected chi connectivity index (χ1v) is 14.5. The van der Waals surface area contributed by atoms with Crippen molar-refractivity contribution in [1.82, 2.24) is 10.6 Å². The first-order valence-electron chi connectivity index (χ1n) is 14.5. The molecule has 4 N–H and O–H groups in total. The number of aliphatic hydroxyl groups is 1. The minimum absolute atomic E-state index is 0.144. The summed E-state index contributed by atoms with van der Waals surface area (Å²) in [6.07, 6.45) is 14.4. The maximum Gasteiger partial charge on any atom is 0.150 e. The van der Waals surface area contributed by atoms with Gasteiger partial charge in [0.2, 0.25) is 0 Å². The van der Waals surface area contributed by atoms with Crippen molar-refractivity contribution in [3.63, 3.8) is 0 Å². The Kier molecular flexibility index (Phi) is 15.0. The third-order valence-corrected chi connectivity index (χ3v) is 7.73. The molecule has 2 saturated carbocycles. The van der Waals surface area contributed by atoms with Crippen molar-refractivity contribution in [2.24, 2.45) is 5.92 Å². The topological polar surface area (TPSA) is 73.4 Å². The monoisotopic (exact) mass is 521 g/mol. The lowest BCUT2D eigenvalue weighted by Gasteiger charge is -2.25. The summed E-state index contributed by atoms with van der Waals surface area (Å²) >= 11 is 0. The summed E-state index contributed by atoms with van der Waals surface area (Å²) < 4.78 is 0. The molecule has 2 aliphatic rings. The number of aliphatic hydroxyl groups excluding tert-OH is 1. The largest absolute Gasteiger partial charge is 0.381 e. The van der Waals surface area contributed by atoms with Crippen LogP contribution in [0.2, 0.25) is 0 Å². The fourth-order valence-electron chi connectivity index (χ4n) is 5.05. The first kappa shape index (κ1) is 31.7. The average Bonchev–Trinajstić information content (AvgIpc) is 3.20. The SMILES string of the molecule is C=C(Nc1ccc(C=O)cc1C)c1ccc(C)cc1.CNC1CCC(C)CC1.OCNC1CCCCCC1. The minimum atomic E-state index is 0.144. The standard InChI is InChI=1S/C17H17NO.C8H17NO.C8H17N/c1-12-4-7-16(8-5-12)14(3)18-17-9-6-15(11-19)10-13(17)2;10-7-9-8-5-3-1-2-4-6-8;1-7-3-5-8(9-2)6-4-7/h4-11,18H,3H2,1-2H3;8-10H,1-7H2;7-9H,3-6H2,1-2H3. The van der Waals surface area contributed by atoms with Gasteiger partial charge in [-0.05, 0) is 94.7 Å². The van der Waals surface area contributed by atoms with E-state index in [0.29, 0.717) is 11.6 Å². The summed E-state index contributed by atoms with van der Waals surface area (Å²) in [5.74, 6) is 0.981. The van der Waals surface area contributed by atoms with Crippen LogP contribution in [0, 0.1) is 19.8 Å². The van der Waals surface area contributed by atoms with E-state index < -0.39 is 0 Å². The molecule has 4 rings (SSSR count). The van der Waals surface area contributed by atoms with Crippen molar-refractivity contribution in [3.05, 3.63) is 71.3 Å². The lowest BCUT2D eigenvalue weighted by atomic mass is 9.87. The molecule has 0 aliphatic heterocycles. The van der Waals surface area contributed by atoms with E-state index in [-0.39, 0.29) is 6.73 Å². The number of carbonyl (C=O) groups excluding carboxylic acids is 1. The summed E-state index contributed by atoms with van der Waals surface area (Å²) in [6, 6.07) is 15.2. The summed E-state index contributed by atoms with van der Waals surface area (Å²) in [5.41, 5.74) is 5.81. The zero-order valence-electron chi connectivity index (χ0n) is 24.2. The molecule has 0 spiro atoms. The third kappa shape index (κ3) is 11.9. The third-order valence-electron chi connectivity index (χ3n) is 7.73. The maximum absolute atomic E-state index is 10.7. The van der Waals surface area contributed by atoms with Crippen molar-refractivity contribution in [1.29, 1.82) is 0 Å². The number of rotatable bonds is 7. The lowest BCUT2D eigenvalue weighted by Crippen LogP contribution is -2.29. The number of hydrogen-bond donors (Lipinski definition) is 4. The zero-order valence-corrected chi connectivity index (χ0v) is 24.2. The molecule has 0 aromatic heterocycles. The molecule has 2 aromatic rings. The van der Waals surface area contributed by atoms with E-state index in [1.54, 1.807) is 6.07 Å². The number of hydrogen-bond acceptors (Lipinski definition) is 5. The second kappa shape index (κ2) is 17.9. The minimum Gasteiger partial charge on any atom is -0.381 e. The van der Waals surface area contributed by atoms with Crippen molar-refractivity contribution in [2.45, 2.75) is 97.1 Å². The molecule has 0 saturated heterocycles. The number of nitrogens with one attached hydrogen (secondary N) is 3. The zero-order chi connectivity index (χ0) is 27.8. The van der Waals surface area contributed by atoms with Crippen LogP contribution >= 0.6 is 0 Å². The van der Waals surface area contributed by atoms with Gasteiger partial charge in [-0.25, -0.2) is 0 Å². The van der Waals surface area contributed by atoms with E-state index in [4.69, 9.17) is 5.11 Å². The summed E-state index contributed by atoms with van der Waals surface area (Å²) in [4.78, 5) is 10.7. The molecule has 0 atom stereocenters. The summed E-state index contributed by atoms with van der Waals surface area (Å²) in [7, 11) is 2.07.